The maximum atomic E-state index is 4.16. The van der Waals surface area contributed by atoms with Gasteiger partial charge < -0.3 is 5.32 Å². The number of hydrogen-bond acceptors (Lipinski definition) is 2. The molecule has 3 heteroatoms. The largest absolute Gasteiger partial charge is 0.316 e. The summed E-state index contributed by atoms with van der Waals surface area (Å²) in [5.41, 5.74) is 1.32. The van der Waals surface area contributed by atoms with Gasteiger partial charge in [0.05, 0.1) is 6.20 Å². The van der Waals surface area contributed by atoms with Crippen molar-refractivity contribution >= 4 is 0 Å². The minimum Gasteiger partial charge on any atom is -0.316 e. The van der Waals surface area contributed by atoms with E-state index in [0.29, 0.717) is 0 Å². The van der Waals surface area contributed by atoms with Gasteiger partial charge in [-0.3, -0.25) is 4.68 Å². The van der Waals surface area contributed by atoms with Crippen molar-refractivity contribution in [2.75, 3.05) is 13.1 Å². The molecule has 0 amide bonds. The van der Waals surface area contributed by atoms with Gasteiger partial charge in [0.15, 0.2) is 0 Å². The zero-order valence-corrected chi connectivity index (χ0v) is 9.74. The van der Waals surface area contributed by atoms with Gasteiger partial charge in [-0.05, 0) is 49.8 Å². The van der Waals surface area contributed by atoms with Gasteiger partial charge in [-0.2, -0.15) is 5.10 Å². The summed E-state index contributed by atoms with van der Waals surface area (Å²) in [6.07, 6.45) is 8.03. The first-order valence-corrected chi connectivity index (χ1v) is 5.94. The second-order valence-electron chi connectivity index (χ2n) is 4.79. The van der Waals surface area contributed by atoms with E-state index in [9.17, 15) is 0 Å². The van der Waals surface area contributed by atoms with E-state index in [2.05, 4.69) is 23.5 Å². The first-order chi connectivity index (χ1) is 7.25. The molecule has 0 bridgehead atoms. The van der Waals surface area contributed by atoms with Gasteiger partial charge in [-0.25, -0.2) is 0 Å². The lowest BCUT2D eigenvalue weighted by atomic mass is 10.1. The Morgan fingerprint density at radius 1 is 1.60 bits per heavy atom. The van der Waals surface area contributed by atoms with Crippen LogP contribution in [0.1, 0.15) is 25.3 Å². The van der Waals surface area contributed by atoms with Crippen LogP contribution in [-0.4, -0.2) is 22.9 Å². The van der Waals surface area contributed by atoms with Crippen molar-refractivity contribution in [3.05, 3.63) is 18.0 Å². The number of nitrogens with one attached hydrogen (secondary N) is 1. The molecule has 1 atom stereocenters. The Morgan fingerprint density at radius 2 is 2.40 bits per heavy atom. The van der Waals surface area contributed by atoms with Crippen LogP contribution in [-0.2, 0) is 13.5 Å². The molecule has 3 nitrogen and oxygen atoms in total. The highest BCUT2D eigenvalue weighted by molar-refractivity contribution is 5.03. The first-order valence-electron chi connectivity index (χ1n) is 5.94. The third-order valence-electron chi connectivity index (χ3n) is 3.24. The van der Waals surface area contributed by atoms with Crippen LogP contribution in [0.2, 0.25) is 0 Å². The predicted octanol–water partition coefficient (Wildman–Crippen LogP) is 1.60. The fourth-order valence-electron chi connectivity index (χ4n) is 2.00. The molecule has 0 radical (unpaired) electrons. The lowest BCUT2D eigenvalue weighted by molar-refractivity contribution is 0.464. The van der Waals surface area contributed by atoms with E-state index in [4.69, 9.17) is 0 Å². The summed E-state index contributed by atoms with van der Waals surface area (Å²) in [4.78, 5) is 0. The number of nitrogens with zero attached hydrogens (tertiary/aromatic N) is 2. The molecular formula is C12H21N3. The molecule has 1 heterocycles. The highest BCUT2D eigenvalue weighted by Crippen LogP contribution is 2.35. The fourth-order valence-corrected chi connectivity index (χ4v) is 2.00. The van der Waals surface area contributed by atoms with E-state index >= 15 is 0 Å². The molecule has 84 valence electrons. The average Bonchev–Trinajstić information content (AvgIpc) is 2.98. The van der Waals surface area contributed by atoms with E-state index < -0.39 is 0 Å². The van der Waals surface area contributed by atoms with Crippen LogP contribution in [0.3, 0.4) is 0 Å². The average molecular weight is 207 g/mol. The number of aromatic nitrogens is 2. The Hall–Kier alpha value is -0.830. The lowest BCUT2D eigenvalue weighted by Gasteiger charge is -2.10. The normalized spacial score (nSPS) is 18.0. The van der Waals surface area contributed by atoms with Crippen LogP contribution in [0.5, 0.6) is 0 Å². The predicted molar refractivity (Wildman–Crippen MR) is 61.7 cm³/mol. The number of rotatable bonds is 6. The van der Waals surface area contributed by atoms with E-state index in [1.165, 1.54) is 24.9 Å². The molecule has 2 rings (SSSR count). The molecule has 0 saturated heterocycles. The van der Waals surface area contributed by atoms with Crippen LogP contribution in [0.25, 0.3) is 0 Å². The molecule has 0 aromatic carbocycles. The summed E-state index contributed by atoms with van der Waals surface area (Å²) in [5, 5.41) is 7.68. The summed E-state index contributed by atoms with van der Waals surface area (Å²) < 4.78 is 1.86. The number of hydrogen-bond donors (Lipinski definition) is 1. The minimum atomic E-state index is 0.860. The van der Waals surface area contributed by atoms with Crippen LogP contribution >= 0.6 is 0 Å². The highest BCUT2D eigenvalue weighted by atomic mass is 15.2. The molecule has 1 fully saturated rings. The zero-order valence-electron chi connectivity index (χ0n) is 9.74. The molecule has 1 aromatic heterocycles. The Balaban J connectivity index is 1.58. The molecule has 1 aliphatic rings. The molecule has 1 unspecified atom stereocenters. The molecule has 0 aliphatic heterocycles. The summed E-state index contributed by atoms with van der Waals surface area (Å²) in [6.45, 7) is 4.60. The summed E-state index contributed by atoms with van der Waals surface area (Å²) in [7, 11) is 1.96. The Bertz CT molecular complexity index is 302. The third-order valence-corrected chi connectivity index (χ3v) is 3.24. The Labute approximate surface area is 91.9 Å². The van der Waals surface area contributed by atoms with Gasteiger partial charge in [-0.1, -0.05) is 6.92 Å². The van der Waals surface area contributed by atoms with Gasteiger partial charge in [0, 0.05) is 13.2 Å². The van der Waals surface area contributed by atoms with E-state index in [-0.39, 0.29) is 0 Å². The van der Waals surface area contributed by atoms with E-state index in [0.717, 1.165) is 24.8 Å². The Morgan fingerprint density at radius 3 is 3.00 bits per heavy atom. The van der Waals surface area contributed by atoms with Gasteiger partial charge in [-0.15, -0.1) is 0 Å². The summed E-state index contributed by atoms with van der Waals surface area (Å²) >= 11 is 0. The van der Waals surface area contributed by atoms with E-state index in [1.54, 1.807) is 0 Å². The summed E-state index contributed by atoms with van der Waals surface area (Å²) in [6, 6.07) is 0. The first kappa shape index (κ1) is 10.7. The van der Waals surface area contributed by atoms with Gasteiger partial charge in [0.25, 0.3) is 0 Å². The summed E-state index contributed by atoms with van der Waals surface area (Å²) in [5.74, 6) is 1.87. The van der Waals surface area contributed by atoms with Crippen LogP contribution < -0.4 is 5.32 Å². The van der Waals surface area contributed by atoms with E-state index in [1.807, 2.05) is 17.9 Å². The zero-order chi connectivity index (χ0) is 10.7. The third kappa shape index (κ3) is 3.34. The van der Waals surface area contributed by atoms with Crippen molar-refractivity contribution < 1.29 is 0 Å². The van der Waals surface area contributed by atoms with Crippen LogP contribution in [0, 0.1) is 11.8 Å². The molecular weight excluding hydrogens is 186 g/mol. The molecule has 1 N–H and O–H groups in total. The molecule has 15 heavy (non-hydrogen) atoms. The maximum absolute atomic E-state index is 4.16. The van der Waals surface area contributed by atoms with Crippen molar-refractivity contribution in [1.82, 2.24) is 15.1 Å². The van der Waals surface area contributed by atoms with Crippen molar-refractivity contribution in [2.45, 2.75) is 26.2 Å². The quantitative estimate of drug-likeness (QED) is 0.718. The lowest BCUT2D eigenvalue weighted by Crippen LogP contribution is -2.24. The SMILES string of the molecule is CC(CNCCc1cnn(C)c1)C1CC1. The van der Waals surface area contributed by atoms with Crippen molar-refractivity contribution in [2.24, 2.45) is 18.9 Å². The highest BCUT2D eigenvalue weighted by Gasteiger charge is 2.27. The molecule has 1 aromatic rings. The second-order valence-corrected chi connectivity index (χ2v) is 4.79. The standard InChI is InChI=1S/C12H21N3/c1-10(12-3-4-12)7-13-6-5-11-8-14-15(2)9-11/h8-10,12-13H,3-7H2,1-2H3. The van der Waals surface area contributed by atoms with Gasteiger partial charge in [0.1, 0.15) is 0 Å². The van der Waals surface area contributed by atoms with Crippen molar-refractivity contribution in [3.8, 4) is 0 Å². The van der Waals surface area contributed by atoms with Gasteiger partial charge >= 0.3 is 0 Å². The second kappa shape index (κ2) is 4.79. The van der Waals surface area contributed by atoms with Crippen molar-refractivity contribution in [3.63, 3.8) is 0 Å². The molecule has 1 saturated carbocycles. The Kier molecular flexibility index (Phi) is 3.41. The minimum absolute atomic E-state index is 0.860. The number of aryl methyl sites for hydroxylation is 1. The topological polar surface area (TPSA) is 29.9 Å². The fraction of sp³-hybridized carbons (Fsp3) is 0.750. The van der Waals surface area contributed by atoms with Crippen LogP contribution in [0.4, 0.5) is 0 Å². The maximum Gasteiger partial charge on any atom is 0.0522 e. The molecule has 0 spiro atoms. The monoisotopic (exact) mass is 207 g/mol. The van der Waals surface area contributed by atoms with Crippen LogP contribution in [0.15, 0.2) is 12.4 Å². The molecule has 1 aliphatic carbocycles. The smallest absolute Gasteiger partial charge is 0.0522 e. The van der Waals surface area contributed by atoms with Crippen molar-refractivity contribution in [1.29, 1.82) is 0 Å². The van der Waals surface area contributed by atoms with Gasteiger partial charge in [0.2, 0.25) is 0 Å².